The van der Waals surface area contributed by atoms with Gasteiger partial charge in [0, 0.05) is 19.2 Å². The second-order valence-corrected chi connectivity index (χ2v) is 9.20. The molecule has 0 aromatic heterocycles. The van der Waals surface area contributed by atoms with Gasteiger partial charge in [0.2, 0.25) is 16.1 Å². The zero-order chi connectivity index (χ0) is 24.0. The van der Waals surface area contributed by atoms with Gasteiger partial charge in [-0.2, -0.15) is 9.57 Å². The quantitative estimate of drug-likeness (QED) is 0.512. The highest BCUT2D eigenvalue weighted by Crippen LogP contribution is 2.25. The van der Waals surface area contributed by atoms with E-state index in [4.69, 9.17) is 14.7 Å². The Hall–Kier alpha value is -3.87. The van der Waals surface area contributed by atoms with Crippen molar-refractivity contribution in [2.24, 2.45) is 0 Å². The summed E-state index contributed by atoms with van der Waals surface area (Å²) in [6.45, 7) is 0.112. The molecule has 3 rings (SSSR count). The lowest BCUT2D eigenvalue weighted by Crippen LogP contribution is -2.26. The van der Waals surface area contributed by atoms with Gasteiger partial charge in [-0.05, 0) is 54.1 Å². The van der Waals surface area contributed by atoms with E-state index >= 15 is 0 Å². The Morgan fingerprint density at radius 2 is 1.70 bits per heavy atom. The Morgan fingerprint density at radius 1 is 1.06 bits per heavy atom. The summed E-state index contributed by atoms with van der Waals surface area (Å²) >= 11 is 0. The molecule has 0 aliphatic rings. The van der Waals surface area contributed by atoms with Crippen LogP contribution in [0.15, 0.2) is 77.7 Å². The summed E-state index contributed by atoms with van der Waals surface area (Å²) in [5.74, 6) is -0.333. The molecule has 1 unspecified atom stereocenters. The van der Waals surface area contributed by atoms with Gasteiger partial charge in [0.15, 0.2) is 0 Å². The van der Waals surface area contributed by atoms with Crippen LogP contribution in [-0.2, 0) is 21.4 Å². The minimum atomic E-state index is -3.70. The number of nitrogens with zero attached hydrogens (tertiary/aromatic N) is 2. The summed E-state index contributed by atoms with van der Waals surface area (Å²) in [7, 11) is -0.719. The molecule has 8 nitrogen and oxygen atoms in total. The molecule has 3 aromatic rings. The first kappa shape index (κ1) is 23.8. The molecule has 0 heterocycles. The fourth-order valence-electron chi connectivity index (χ4n) is 3.11. The van der Waals surface area contributed by atoms with Crippen LogP contribution in [-0.4, -0.2) is 38.0 Å². The SMILES string of the molecule is COc1ccc(S(=O)(=O)N(C)Cc2ccc(OC(C(=O)O)c3cccc(C#N)c3)cc2)cc1. The first-order chi connectivity index (χ1) is 15.7. The van der Waals surface area contributed by atoms with Crippen LogP contribution in [0.1, 0.15) is 22.8 Å². The van der Waals surface area contributed by atoms with E-state index in [2.05, 4.69) is 0 Å². The molecule has 33 heavy (non-hydrogen) atoms. The molecule has 0 bridgehead atoms. The number of carboxylic acid groups (broad SMARTS) is 1. The molecule has 1 atom stereocenters. The van der Waals surface area contributed by atoms with Crippen LogP contribution in [0.25, 0.3) is 0 Å². The van der Waals surface area contributed by atoms with E-state index in [1.807, 2.05) is 6.07 Å². The van der Waals surface area contributed by atoms with E-state index in [-0.39, 0.29) is 11.4 Å². The normalized spacial score (nSPS) is 12.1. The summed E-state index contributed by atoms with van der Waals surface area (Å²) in [6.07, 6.45) is -1.29. The molecular weight excluding hydrogens is 444 g/mol. The average molecular weight is 467 g/mol. The number of hydrogen-bond donors (Lipinski definition) is 1. The van der Waals surface area contributed by atoms with Crippen molar-refractivity contribution in [1.82, 2.24) is 4.31 Å². The highest BCUT2D eigenvalue weighted by Gasteiger charge is 2.23. The molecule has 0 aliphatic carbocycles. The Balaban J connectivity index is 1.72. The van der Waals surface area contributed by atoms with Crippen molar-refractivity contribution in [3.05, 3.63) is 89.5 Å². The van der Waals surface area contributed by atoms with Crippen LogP contribution < -0.4 is 9.47 Å². The molecular formula is C24H22N2O6S. The fraction of sp³-hybridized carbons (Fsp3) is 0.167. The molecule has 0 amide bonds. The molecule has 170 valence electrons. The molecule has 0 radical (unpaired) electrons. The molecule has 0 spiro atoms. The second-order valence-electron chi connectivity index (χ2n) is 7.15. The lowest BCUT2D eigenvalue weighted by Gasteiger charge is -2.18. The van der Waals surface area contributed by atoms with Gasteiger partial charge in [-0.3, -0.25) is 0 Å². The zero-order valence-corrected chi connectivity index (χ0v) is 18.8. The molecule has 0 fully saturated rings. The Kier molecular flexibility index (Phi) is 7.33. The molecule has 1 N–H and O–H groups in total. The summed E-state index contributed by atoms with van der Waals surface area (Å²) in [5, 5.41) is 18.6. The van der Waals surface area contributed by atoms with Crippen molar-refractivity contribution in [3.63, 3.8) is 0 Å². The van der Waals surface area contributed by atoms with Crippen LogP contribution in [0.3, 0.4) is 0 Å². The maximum absolute atomic E-state index is 12.8. The molecule has 9 heteroatoms. The van der Waals surface area contributed by atoms with Gasteiger partial charge in [-0.25, -0.2) is 13.2 Å². The van der Waals surface area contributed by atoms with Gasteiger partial charge in [0.25, 0.3) is 0 Å². The van der Waals surface area contributed by atoms with Crippen LogP contribution in [0.2, 0.25) is 0 Å². The number of sulfonamides is 1. The third-order valence-corrected chi connectivity index (χ3v) is 6.71. The van der Waals surface area contributed by atoms with E-state index in [1.165, 1.54) is 36.7 Å². The average Bonchev–Trinajstić information content (AvgIpc) is 2.83. The van der Waals surface area contributed by atoms with Crippen LogP contribution in [0, 0.1) is 11.3 Å². The van der Waals surface area contributed by atoms with E-state index in [1.54, 1.807) is 54.6 Å². The highest BCUT2D eigenvalue weighted by molar-refractivity contribution is 7.89. The minimum absolute atomic E-state index is 0.112. The molecule has 0 saturated heterocycles. The molecule has 0 aliphatic heterocycles. The lowest BCUT2D eigenvalue weighted by atomic mass is 10.1. The van der Waals surface area contributed by atoms with Crippen LogP contribution >= 0.6 is 0 Å². The van der Waals surface area contributed by atoms with Crippen molar-refractivity contribution >= 4 is 16.0 Å². The fourth-order valence-corrected chi connectivity index (χ4v) is 4.27. The first-order valence-electron chi connectivity index (χ1n) is 9.83. The predicted molar refractivity (Wildman–Crippen MR) is 120 cm³/mol. The van der Waals surface area contributed by atoms with Crippen molar-refractivity contribution < 1.29 is 27.8 Å². The Labute approximate surface area is 192 Å². The summed E-state index contributed by atoms with van der Waals surface area (Å²) in [5.41, 5.74) is 1.37. The van der Waals surface area contributed by atoms with Crippen LogP contribution in [0.4, 0.5) is 0 Å². The van der Waals surface area contributed by atoms with E-state index in [0.717, 1.165) is 0 Å². The lowest BCUT2D eigenvalue weighted by molar-refractivity contribution is -0.145. The van der Waals surface area contributed by atoms with Crippen molar-refractivity contribution in [3.8, 4) is 17.6 Å². The highest BCUT2D eigenvalue weighted by atomic mass is 32.2. The second kappa shape index (κ2) is 10.2. The maximum atomic E-state index is 12.8. The monoisotopic (exact) mass is 466 g/mol. The standard InChI is InChI=1S/C24H22N2O6S/c1-26(33(29,30)22-12-10-20(31-2)11-13-22)16-17-6-8-21(9-7-17)32-23(24(27)28)19-5-3-4-18(14-19)15-25/h3-14,23H,16H2,1-2H3,(H,27,28). The third-order valence-electron chi connectivity index (χ3n) is 4.89. The van der Waals surface area contributed by atoms with E-state index in [0.29, 0.717) is 28.2 Å². The van der Waals surface area contributed by atoms with E-state index in [9.17, 15) is 18.3 Å². The van der Waals surface area contributed by atoms with Crippen molar-refractivity contribution in [1.29, 1.82) is 5.26 Å². The summed E-state index contributed by atoms with van der Waals surface area (Å²) < 4.78 is 37.5. The number of aliphatic carboxylic acids is 1. The van der Waals surface area contributed by atoms with Gasteiger partial charge in [-0.1, -0.05) is 24.3 Å². The number of carboxylic acids is 1. The van der Waals surface area contributed by atoms with Crippen LogP contribution in [0.5, 0.6) is 11.5 Å². The maximum Gasteiger partial charge on any atom is 0.349 e. The number of hydrogen-bond acceptors (Lipinski definition) is 6. The minimum Gasteiger partial charge on any atom is -0.497 e. The Bertz CT molecular complexity index is 1270. The number of benzene rings is 3. The van der Waals surface area contributed by atoms with Crippen molar-refractivity contribution in [2.75, 3.05) is 14.2 Å². The smallest absolute Gasteiger partial charge is 0.349 e. The summed E-state index contributed by atoms with van der Waals surface area (Å²) in [4.78, 5) is 11.9. The summed E-state index contributed by atoms with van der Waals surface area (Å²) in [6, 6.07) is 20.8. The first-order valence-corrected chi connectivity index (χ1v) is 11.3. The topological polar surface area (TPSA) is 117 Å². The van der Waals surface area contributed by atoms with Crippen molar-refractivity contribution in [2.45, 2.75) is 17.5 Å². The number of rotatable bonds is 9. The van der Waals surface area contributed by atoms with Gasteiger partial charge in [0.1, 0.15) is 11.5 Å². The zero-order valence-electron chi connectivity index (χ0n) is 18.0. The molecule has 0 saturated carbocycles. The largest absolute Gasteiger partial charge is 0.497 e. The van der Waals surface area contributed by atoms with Gasteiger partial charge in [-0.15, -0.1) is 0 Å². The third kappa shape index (κ3) is 5.68. The number of methoxy groups -OCH3 is 1. The number of carbonyl (C=O) groups is 1. The van der Waals surface area contributed by atoms with Gasteiger partial charge in [0.05, 0.1) is 23.6 Å². The number of ether oxygens (including phenoxy) is 2. The predicted octanol–water partition coefficient (Wildman–Crippen LogP) is 3.59. The Morgan fingerprint density at radius 3 is 2.27 bits per heavy atom. The molecule has 3 aromatic carbocycles. The van der Waals surface area contributed by atoms with E-state index < -0.39 is 22.1 Å². The van der Waals surface area contributed by atoms with Gasteiger partial charge < -0.3 is 14.6 Å². The number of nitriles is 1. The van der Waals surface area contributed by atoms with Gasteiger partial charge >= 0.3 is 5.97 Å².